The zero-order chi connectivity index (χ0) is 19.9. The predicted octanol–water partition coefficient (Wildman–Crippen LogP) is 2.81. The summed E-state index contributed by atoms with van der Waals surface area (Å²) in [6.45, 7) is 7.69. The third-order valence-electron chi connectivity index (χ3n) is 4.50. The first-order valence-corrected chi connectivity index (χ1v) is 12.2. The minimum atomic E-state index is -2.57. The fraction of sp³-hybridized carbons (Fsp3) is 0.200. The number of ether oxygens (including phenoxy) is 1. The van der Waals surface area contributed by atoms with Crippen molar-refractivity contribution in [2.75, 3.05) is 28.4 Å². The van der Waals surface area contributed by atoms with Gasteiger partial charge in [0.2, 0.25) is 0 Å². The first-order valence-electron chi connectivity index (χ1n) is 8.39. The van der Waals surface area contributed by atoms with E-state index in [0.717, 1.165) is 21.9 Å². The van der Waals surface area contributed by atoms with Gasteiger partial charge in [-0.2, -0.15) is 0 Å². The Bertz CT molecular complexity index is 685. The van der Waals surface area contributed by atoms with Crippen LogP contribution in [0.25, 0.3) is 0 Å². The number of benzene rings is 2. The minimum Gasteiger partial charge on any atom is -0.457 e. The van der Waals surface area contributed by atoms with Crippen molar-refractivity contribution in [2.45, 2.75) is 0 Å². The molecular formula is C20H26O5Si2. The molecule has 2 aromatic carbocycles. The van der Waals surface area contributed by atoms with Gasteiger partial charge in [0.25, 0.3) is 0 Å². The summed E-state index contributed by atoms with van der Waals surface area (Å²) in [5.41, 5.74) is 3.51. The summed E-state index contributed by atoms with van der Waals surface area (Å²) < 4.78 is 28.3. The first-order chi connectivity index (χ1) is 13.0. The van der Waals surface area contributed by atoms with Crippen LogP contribution >= 0.6 is 0 Å². The van der Waals surface area contributed by atoms with Crippen molar-refractivity contribution in [3.05, 3.63) is 73.1 Å². The van der Waals surface area contributed by atoms with Crippen molar-refractivity contribution in [1.29, 1.82) is 0 Å². The summed E-state index contributed by atoms with van der Waals surface area (Å²) in [5.74, 6) is 1.44. The molecule has 0 radical (unpaired) electrons. The van der Waals surface area contributed by atoms with Gasteiger partial charge in [-0.05, 0) is 46.0 Å². The molecular weight excluding hydrogens is 376 g/mol. The normalized spacial score (nSPS) is 11.9. The molecule has 7 heteroatoms. The van der Waals surface area contributed by atoms with E-state index in [-0.39, 0.29) is 0 Å². The van der Waals surface area contributed by atoms with Gasteiger partial charge in [0.1, 0.15) is 11.5 Å². The van der Waals surface area contributed by atoms with Gasteiger partial charge < -0.3 is 22.4 Å². The van der Waals surface area contributed by atoms with Crippen LogP contribution in [0.15, 0.2) is 73.1 Å². The molecule has 0 fully saturated rings. The predicted molar refractivity (Wildman–Crippen MR) is 112 cm³/mol. The van der Waals surface area contributed by atoms with Crippen LogP contribution in [0.1, 0.15) is 0 Å². The number of rotatable bonds is 10. The van der Waals surface area contributed by atoms with E-state index in [2.05, 4.69) is 13.2 Å². The van der Waals surface area contributed by atoms with Gasteiger partial charge in [-0.1, -0.05) is 24.3 Å². The average Bonchev–Trinajstić information content (AvgIpc) is 2.74. The van der Waals surface area contributed by atoms with Crippen LogP contribution in [0.2, 0.25) is 0 Å². The lowest BCUT2D eigenvalue weighted by Crippen LogP contribution is -2.50. The van der Waals surface area contributed by atoms with Gasteiger partial charge in [0.05, 0.1) is 0 Å². The quantitative estimate of drug-likeness (QED) is 0.572. The van der Waals surface area contributed by atoms with Gasteiger partial charge in [0, 0.05) is 28.4 Å². The second-order valence-corrected chi connectivity index (χ2v) is 12.0. The van der Waals surface area contributed by atoms with Gasteiger partial charge >= 0.3 is 17.1 Å². The zero-order valence-electron chi connectivity index (χ0n) is 16.2. The van der Waals surface area contributed by atoms with Crippen LogP contribution in [0, 0.1) is 0 Å². The Kier molecular flexibility index (Phi) is 7.31. The van der Waals surface area contributed by atoms with Gasteiger partial charge in [0.15, 0.2) is 0 Å². The smallest absolute Gasteiger partial charge is 0.398 e. The van der Waals surface area contributed by atoms with Crippen LogP contribution < -0.4 is 15.1 Å². The molecule has 2 rings (SSSR count). The van der Waals surface area contributed by atoms with Crippen LogP contribution in [0.3, 0.4) is 0 Å². The molecule has 0 aliphatic rings. The maximum absolute atomic E-state index is 5.93. The molecule has 0 saturated carbocycles. The Morgan fingerprint density at radius 3 is 1.11 bits per heavy atom. The van der Waals surface area contributed by atoms with Crippen molar-refractivity contribution < 1.29 is 22.4 Å². The molecule has 5 nitrogen and oxygen atoms in total. The standard InChI is InChI=1S/C20H26O5Si2/c1-7-26(21-3,22-4)19-13-9-17(10-14-19)25-18-11-15-20(16-12-18)27(8-2,23-5)24-6/h7-16H,1-2H2,3-6H3. The number of hydrogen-bond acceptors (Lipinski definition) is 5. The van der Waals surface area contributed by atoms with Crippen LogP contribution in [-0.2, 0) is 17.7 Å². The van der Waals surface area contributed by atoms with Crippen molar-refractivity contribution in [2.24, 2.45) is 0 Å². The van der Waals surface area contributed by atoms with E-state index in [1.54, 1.807) is 39.8 Å². The Hall–Kier alpha value is -2.01. The Morgan fingerprint density at radius 1 is 0.593 bits per heavy atom. The number of hydrogen-bond donors (Lipinski definition) is 0. The van der Waals surface area contributed by atoms with Crippen LogP contribution in [-0.4, -0.2) is 45.6 Å². The molecule has 0 amide bonds. The lowest BCUT2D eigenvalue weighted by molar-refractivity contribution is 0.271. The minimum absolute atomic E-state index is 0.719. The van der Waals surface area contributed by atoms with E-state index in [4.69, 9.17) is 22.4 Å². The van der Waals surface area contributed by atoms with Crippen LogP contribution in [0.5, 0.6) is 11.5 Å². The molecule has 0 aliphatic carbocycles. The molecule has 0 atom stereocenters. The van der Waals surface area contributed by atoms with Gasteiger partial charge in [-0.3, -0.25) is 0 Å². The van der Waals surface area contributed by atoms with Gasteiger partial charge in [-0.15, -0.1) is 13.2 Å². The summed E-state index contributed by atoms with van der Waals surface area (Å²) in [6.07, 6.45) is 0. The lowest BCUT2D eigenvalue weighted by atomic mass is 10.3. The molecule has 0 saturated heterocycles. The molecule has 2 aromatic rings. The fourth-order valence-electron chi connectivity index (χ4n) is 2.85. The summed E-state index contributed by atoms with van der Waals surface area (Å²) in [4.78, 5) is 0. The molecule has 0 aromatic heterocycles. The Morgan fingerprint density at radius 2 is 0.889 bits per heavy atom. The molecule has 0 spiro atoms. The highest BCUT2D eigenvalue weighted by atomic mass is 28.4. The largest absolute Gasteiger partial charge is 0.457 e. The lowest BCUT2D eigenvalue weighted by Gasteiger charge is -2.24. The van der Waals surface area contributed by atoms with Crippen molar-refractivity contribution >= 4 is 27.5 Å². The second kappa shape index (κ2) is 9.27. The van der Waals surface area contributed by atoms with E-state index in [9.17, 15) is 0 Å². The zero-order valence-corrected chi connectivity index (χ0v) is 18.2. The molecule has 144 valence electrons. The van der Waals surface area contributed by atoms with E-state index in [0.29, 0.717) is 0 Å². The molecule has 27 heavy (non-hydrogen) atoms. The highest BCUT2D eigenvalue weighted by Gasteiger charge is 2.35. The van der Waals surface area contributed by atoms with E-state index >= 15 is 0 Å². The SMILES string of the molecule is C=C[Si](OC)(OC)c1ccc(Oc2ccc([Si](C=C)(OC)OC)cc2)cc1. The molecule has 0 aliphatic heterocycles. The maximum Gasteiger partial charge on any atom is 0.398 e. The summed E-state index contributed by atoms with van der Waals surface area (Å²) in [5, 5.41) is 1.93. The van der Waals surface area contributed by atoms with Crippen molar-refractivity contribution in [3.63, 3.8) is 0 Å². The fourth-order valence-corrected chi connectivity index (χ4v) is 6.53. The molecule has 0 bridgehead atoms. The third-order valence-corrected chi connectivity index (χ3v) is 10.3. The highest BCUT2D eigenvalue weighted by Crippen LogP contribution is 2.21. The third kappa shape index (κ3) is 4.29. The molecule has 0 heterocycles. The Labute approximate surface area is 163 Å². The van der Waals surface area contributed by atoms with Gasteiger partial charge in [-0.25, -0.2) is 0 Å². The van der Waals surface area contributed by atoms with E-state index in [1.807, 2.05) is 48.5 Å². The molecule has 0 N–H and O–H groups in total. The highest BCUT2D eigenvalue weighted by molar-refractivity contribution is 6.85. The topological polar surface area (TPSA) is 46.2 Å². The maximum atomic E-state index is 5.93. The van der Waals surface area contributed by atoms with E-state index in [1.165, 1.54) is 0 Å². The first kappa shape index (κ1) is 21.3. The van der Waals surface area contributed by atoms with E-state index < -0.39 is 17.1 Å². The summed E-state index contributed by atoms with van der Waals surface area (Å²) in [7, 11) is 1.39. The van der Waals surface area contributed by atoms with Crippen molar-refractivity contribution in [3.8, 4) is 11.5 Å². The second-order valence-electron chi connectivity index (χ2n) is 5.71. The monoisotopic (exact) mass is 402 g/mol. The van der Waals surface area contributed by atoms with Crippen LogP contribution in [0.4, 0.5) is 0 Å². The summed E-state index contributed by atoms with van der Waals surface area (Å²) in [6, 6.07) is 15.3. The Balaban J connectivity index is 2.18. The molecule has 0 unspecified atom stereocenters. The average molecular weight is 403 g/mol. The summed E-state index contributed by atoms with van der Waals surface area (Å²) >= 11 is 0. The van der Waals surface area contributed by atoms with Crippen molar-refractivity contribution in [1.82, 2.24) is 0 Å².